The summed E-state index contributed by atoms with van der Waals surface area (Å²) in [5.41, 5.74) is 0. The SMILES string of the molecule is O=C(O)C1CC(CC2CCCCC2)CCC1C(=O)NC1CCC(NC(=O)C2CCC(CC3CCCCC3)CC2C(=O)O)CC1. The zero-order valence-electron chi connectivity index (χ0n) is 26.9. The molecule has 248 valence electrons. The molecule has 0 aliphatic heterocycles. The van der Waals surface area contributed by atoms with Gasteiger partial charge in [0.1, 0.15) is 0 Å². The molecular formula is C36H58N2O6. The average molecular weight is 615 g/mol. The van der Waals surface area contributed by atoms with Crippen LogP contribution >= 0.6 is 0 Å². The molecule has 8 nitrogen and oxygen atoms in total. The first-order chi connectivity index (χ1) is 21.3. The Bertz CT molecular complexity index is 903. The van der Waals surface area contributed by atoms with Crippen LogP contribution in [-0.4, -0.2) is 46.0 Å². The lowest BCUT2D eigenvalue weighted by molar-refractivity contribution is -0.150. The van der Waals surface area contributed by atoms with Crippen molar-refractivity contribution in [3.8, 4) is 0 Å². The highest BCUT2D eigenvalue weighted by Gasteiger charge is 2.42. The minimum atomic E-state index is -0.840. The second-order valence-electron chi connectivity index (χ2n) is 15.5. The number of carboxylic acids is 2. The molecule has 0 aromatic heterocycles. The Morgan fingerprint density at radius 3 is 1.14 bits per heavy atom. The molecule has 5 aliphatic rings. The zero-order chi connectivity index (χ0) is 31.1. The molecule has 6 atom stereocenters. The quantitative estimate of drug-likeness (QED) is 0.216. The fourth-order valence-electron chi connectivity index (χ4n) is 9.90. The Hall–Kier alpha value is -2.12. The van der Waals surface area contributed by atoms with E-state index in [0.717, 1.165) is 63.2 Å². The van der Waals surface area contributed by atoms with Gasteiger partial charge in [-0.05, 0) is 101 Å². The summed E-state index contributed by atoms with van der Waals surface area (Å²) in [7, 11) is 0. The summed E-state index contributed by atoms with van der Waals surface area (Å²) in [6.07, 6.45) is 22.5. The lowest BCUT2D eigenvalue weighted by Gasteiger charge is -2.38. The van der Waals surface area contributed by atoms with Gasteiger partial charge in [0.25, 0.3) is 0 Å². The molecule has 5 fully saturated rings. The fraction of sp³-hybridized carbons (Fsp3) is 0.889. The van der Waals surface area contributed by atoms with Crippen LogP contribution in [0.5, 0.6) is 0 Å². The number of rotatable bonds is 10. The Kier molecular flexibility index (Phi) is 12.0. The summed E-state index contributed by atoms with van der Waals surface area (Å²) in [5.74, 6) is -1.78. The number of carbonyl (C=O) groups is 4. The van der Waals surface area contributed by atoms with Crippen LogP contribution in [-0.2, 0) is 19.2 Å². The summed E-state index contributed by atoms with van der Waals surface area (Å²) in [6.45, 7) is 0. The van der Waals surface area contributed by atoms with Crippen molar-refractivity contribution in [1.29, 1.82) is 0 Å². The second kappa shape index (κ2) is 15.9. The van der Waals surface area contributed by atoms with Crippen LogP contribution in [0.4, 0.5) is 0 Å². The molecule has 0 spiro atoms. The molecule has 0 aromatic rings. The first kappa shape index (κ1) is 33.2. The fourth-order valence-corrected chi connectivity index (χ4v) is 9.90. The first-order valence-corrected chi connectivity index (χ1v) is 18.3. The summed E-state index contributed by atoms with van der Waals surface area (Å²) in [6, 6.07) is -0.0147. The second-order valence-corrected chi connectivity index (χ2v) is 15.5. The maximum atomic E-state index is 13.3. The minimum Gasteiger partial charge on any atom is -0.481 e. The van der Waals surface area contributed by atoms with Crippen molar-refractivity contribution in [2.45, 2.75) is 153 Å². The maximum Gasteiger partial charge on any atom is 0.307 e. The van der Waals surface area contributed by atoms with Gasteiger partial charge in [-0.2, -0.15) is 0 Å². The van der Waals surface area contributed by atoms with Crippen LogP contribution in [0, 0.1) is 47.3 Å². The Morgan fingerprint density at radius 1 is 0.432 bits per heavy atom. The normalized spacial score (nSPS) is 35.8. The standard InChI is InChI=1S/C36H58N2O6/c39-33(29-17-11-25(21-31(29)35(41)42)19-23-7-3-1-4-8-23)37-27-13-15-28(16-14-27)38-34(40)30-18-12-26(22-32(30)36(43)44)20-24-9-5-2-6-10-24/h23-32H,1-22H2,(H,37,39)(H,38,40)(H,41,42)(H,43,44). The molecule has 0 heterocycles. The van der Waals surface area contributed by atoms with E-state index in [2.05, 4.69) is 10.6 Å². The van der Waals surface area contributed by atoms with E-state index in [9.17, 15) is 29.4 Å². The van der Waals surface area contributed by atoms with Gasteiger partial charge < -0.3 is 20.8 Å². The highest BCUT2D eigenvalue weighted by molar-refractivity contribution is 5.86. The summed E-state index contributed by atoms with van der Waals surface area (Å²) < 4.78 is 0. The number of hydrogen-bond acceptors (Lipinski definition) is 4. The van der Waals surface area contributed by atoms with Gasteiger partial charge in [-0.25, -0.2) is 0 Å². The zero-order valence-corrected chi connectivity index (χ0v) is 26.9. The summed E-state index contributed by atoms with van der Waals surface area (Å²) in [4.78, 5) is 51.0. The number of aliphatic carboxylic acids is 2. The Morgan fingerprint density at radius 2 is 0.795 bits per heavy atom. The van der Waals surface area contributed by atoms with Crippen molar-refractivity contribution in [3.05, 3.63) is 0 Å². The van der Waals surface area contributed by atoms with E-state index >= 15 is 0 Å². The molecule has 0 radical (unpaired) electrons. The summed E-state index contributed by atoms with van der Waals surface area (Å²) in [5, 5.41) is 26.3. The lowest BCUT2D eigenvalue weighted by atomic mass is 9.69. The number of carbonyl (C=O) groups excluding carboxylic acids is 2. The average Bonchev–Trinajstić information content (AvgIpc) is 3.03. The van der Waals surface area contributed by atoms with Crippen molar-refractivity contribution < 1.29 is 29.4 Å². The van der Waals surface area contributed by atoms with Crippen LogP contribution in [0.25, 0.3) is 0 Å². The van der Waals surface area contributed by atoms with Crippen LogP contribution in [0.15, 0.2) is 0 Å². The summed E-state index contributed by atoms with van der Waals surface area (Å²) >= 11 is 0. The molecule has 5 aliphatic carbocycles. The van der Waals surface area contributed by atoms with Gasteiger partial charge in [-0.3, -0.25) is 19.2 Å². The molecule has 5 rings (SSSR count). The van der Waals surface area contributed by atoms with Gasteiger partial charge in [0, 0.05) is 12.1 Å². The van der Waals surface area contributed by atoms with Gasteiger partial charge in [0.2, 0.25) is 11.8 Å². The van der Waals surface area contributed by atoms with Crippen molar-refractivity contribution in [2.75, 3.05) is 0 Å². The van der Waals surface area contributed by atoms with E-state index in [-0.39, 0.29) is 23.9 Å². The van der Waals surface area contributed by atoms with Gasteiger partial charge in [0.05, 0.1) is 23.7 Å². The Labute approximate surface area is 264 Å². The molecule has 6 unspecified atom stereocenters. The number of nitrogens with one attached hydrogen (secondary N) is 2. The molecule has 2 amide bonds. The van der Waals surface area contributed by atoms with Gasteiger partial charge in [0.15, 0.2) is 0 Å². The molecule has 0 saturated heterocycles. The van der Waals surface area contributed by atoms with E-state index in [0.29, 0.717) is 37.5 Å². The third-order valence-corrected chi connectivity index (χ3v) is 12.4. The molecule has 0 bridgehead atoms. The van der Waals surface area contributed by atoms with Gasteiger partial charge >= 0.3 is 11.9 Å². The highest BCUT2D eigenvalue weighted by atomic mass is 16.4. The van der Waals surface area contributed by atoms with E-state index in [1.165, 1.54) is 64.2 Å². The predicted octanol–water partition coefficient (Wildman–Crippen LogP) is 6.71. The highest BCUT2D eigenvalue weighted by Crippen LogP contribution is 2.42. The van der Waals surface area contributed by atoms with Gasteiger partial charge in [-0.1, -0.05) is 64.2 Å². The lowest BCUT2D eigenvalue weighted by Crippen LogP contribution is -2.49. The molecule has 44 heavy (non-hydrogen) atoms. The van der Waals surface area contributed by atoms with E-state index in [4.69, 9.17) is 0 Å². The van der Waals surface area contributed by atoms with E-state index in [1.807, 2.05) is 0 Å². The van der Waals surface area contributed by atoms with E-state index < -0.39 is 35.6 Å². The minimum absolute atomic E-state index is 0.00736. The van der Waals surface area contributed by atoms with E-state index in [1.54, 1.807) is 0 Å². The van der Waals surface area contributed by atoms with Crippen molar-refractivity contribution in [1.82, 2.24) is 10.6 Å². The van der Waals surface area contributed by atoms with Crippen molar-refractivity contribution in [2.24, 2.45) is 47.3 Å². The van der Waals surface area contributed by atoms with Crippen LogP contribution < -0.4 is 10.6 Å². The maximum absolute atomic E-state index is 13.3. The monoisotopic (exact) mass is 614 g/mol. The molecular weight excluding hydrogens is 556 g/mol. The van der Waals surface area contributed by atoms with Crippen LogP contribution in [0.2, 0.25) is 0 Å². The van der Waals surface area contributed by atoms with Crippen LogP contribution in [0.1, 0.15) is 141 Å². The topological polar surface area (TPSA) is 133 Å². The molecule has 4 N–H and O–H groups in total. The molecule has 8 heteroatoms. The van der Waals surface area contributed by atoms with Crippen molar-refractivity contribution >= 4 is 23.8 Å². The largest absolute Gasteiger partial charge is 0.481 e. The first-order valence-electron chi connectivity index (χ1n) is 18.3. The molecule has 0 aromatic carbocycles. The molecule has 5 saturated carbocycles. The smallest absolute Gasteiger partial charge is 0.307 e. The van der Waals surface area contributed by atoms with Gasteiger partial charge in [-0.15, -0.1) is 0 Å². The third kappa shape index (κ3) is 8.99. The van der Waals surface area contributed by atoms with Crippen molar-refractivity contribution in [3.63, 3.8) is 0 Å². The Balaban J connectivity index is 1.04. The third-order valence-electron chi connectivity index (χ3n) is 12.4. The van der Waals surface area contributed by atoms with Crippen LogP contribution in [0.3, 0.4) is 0 Å². The number of hydrogen-bond donors (Lipinski definition) is 4. The number of amides is 2. The predicted molar refractivity (Wildman–Crippen MR) is 169 cm³/mol. The number of carboxylic acid groups (broad SMARTS) is 2.